The molecule has 0 aliphatic heterocycles. The van der Waals surface area contributed by atoms with Gasteiger partial charge in [-0.1, -0.05) is 19.4 Å². The number of halogens is 3. The Bertz CT molecular complexity index is 589. The van der Waals surface area contributed by atoms with E-state index in [0.717, 1.165) is 38.5 Å². The molecule has 0 radical (unpaired) electrons. The van der Waals surface area contributed by atoms with Crippen LogP contribution in [-0.2, 0) is 0 Å². The monoisotopic (exact) mass is 354 g/mol. The van der Waals surface area contributed by atoms with Gasteiger partial charge in [0.1, 0.15) is 6.17 Å². The Balaban J connectivity index is 1.73. The molecule has 1 aromatic rings. The Labute approximate surface area is 149 Å². The fourth-order valence-corrected chi connectivity index (χ4v) is 5.02. The zero-order valence-electron chi connectivity index (χ0n) is 15.2. The van der Waals surface area contributed by atoms with E-state index < -0.39 is 17.8 Å². The smallest absolute Gasteiger partial charge is 0.200 e. The fourth-order valence-electron chi connectivity index (χ4n) is 5.02. The summed E-state index contributed by atoms with van der Waals surface area (Å²) >= 11 is 0. The van der Waals surface area contributed by atoms with Crippen LogP contribution in [0.3, 0.4) is 0 Å². The van der Waals surface area contributed by atoms with Crippen LogP contribution in [0.5, 0.6) is 5.75 Å². The highest BCUT2D eigenvalue weighted by Crippen LogP contribution is 2.50. The molecule has 5 unspecified atom stereocenters. The van der Waals surface area contributed by atoms with Gasteiger partial charge in [-0.25, -0.2) is 8.78 Å². The molecule has 2 fully saturated rings. The molecule has 0 heterocycles. The maximum atomic E-state index is 14.6. The van der Waals surface area contributed by atoms with Crippen molar-refractivity contribution in [3.8, 4) is 5.75 Å². The Morgan fingerprint density at radius 1 is 1.00 bits per heavy atom. The second-order valence-corrected chi connectivity index (χ2v) is 7.78. The summed E-state index contributed by atoms with van der Waals surface area (Å²) in [5, 5.41) is 0. The number of benzene rings is 1. The van der Waals surface area contributed by atoms with Crippen LogP contribution in [-0.4, -0.2) is 12.8 Å². The minimum atomic E-state index is -0.891. The fraction of sp³-hybridized carbons (Fsp3) is 0.714. The second kappa shape index (κ2) is 8.01. The van der Waals surface area contributed by atoms with Gasteiger partial charge in [-0.2, -0.15) is 4.39 Å². The zero-order chi connectivity index (χ0) is 18.0. The van der Waals surface area contributed by atoms with E-state index in [2.05, 4.69) is 6.92 Å². The number of ether oxygens (including phenoxy) is 1. The van der Waals surface area contributed by atoms with Crippen molar-refractivity contribution >= 4 is 0 Å². The quantitative estimate of drug-likeness (QED) is 0.593. The molecule has 2 aliphatic carbocycles. The van der Waals surface area contributed by atoms with Crippen molar-refractivity contribution in [2.75, 3.05) is 6.61 Å². The van der Waals surface area contributed by atoms with E-state index in [4.69, 9.17) is 4.74 Å². The lowest BCUT2D eigenvalue weighted by atomic mass is 9.89. The standard InChI is InChI=1S/C21H29F3O/c1-3-5-13-6-7-14-10-16(11-15(14)12-18(13)22)17-8-9-19(25-4-2)21(24)20(17)23/h8-9,13-16,18H,3-7,10-12H2,1-2H3. The first-order chi connectivity index (χ1) is 12.0. The Morgan fingerprint density at radius 2 is 1.76 bits per heavy atom. The highest BCUT2D eigenvalue weighted by atomic mass is 19.2. The number of rotatable bonds is 5. The molecule has 1 nitrogen and oxygen atoms in total. The number of hydrogen-bond acceptors (Lipinski definition) is 1. The Hall–Kier alpha value is -1.19. The average molecular weight is 354 g/mol. The summed E-state index contributed by atoms with van der Waals surface area (Å²) in [6, 6.07) is 3.19. The van der Waals surface area contributed by atoms with Gasteiger partial charge in [-0.3, -0.25) is 0 Å². The van der Waals surface area contributed by atoms with Crippen LogP contribution in [0.25, 0.3) is 0 Å². The minimum absolute atomic E-state index is 0.00454. The van der Waals surface area contributed by atoms with E-state index in [1.165, 1.54) is 6.07 Å². The molecule has 25 heavy (non-hydrogen) atoms. The van der Waals surface area contributed by atoms with E-state index >= 15 is 0 Å². The lowest BCUT2D eigenvalue weighted by Gasteiger charge is -2.20. The first kappa shape index (κ1) is 18.6. The lowest BCUT2D eigenvalue weighted by molar-refractivity contribution is 0.185. The van der Waals surface area contributed by atoms with Crippen LogP contribution in [0.2, 0.25) is 0 Å². The Morgan fingerprint density at radius 3 is 2.48 bits per heavy atom. The first-order valence-electron chi connectivity index (χ1n) is 9.79. The molecule has 1 aromatic carbocycles. The van der Waals surface area contributed by atoms with Gasteiger partial charge in [0.25, 0.3) is 0 Å². The third-order valence-corrected chi connectivity index (χ3v) is 6.26. The highest BCUT2D eigenvalue weighted by Gasteiger charge is 2.41. The molecular weight excluding hydrogens is 325 g/mol. The summed E-state index contributed by atoms with van der Waals surface area (Å²) in [5.74, 6) is -0.771. The van der Waals surface area contributed by atoms with Crippen molar-refractivity contribution in [3.05, 3.63) is 29.3 Å². The molecule has 0 amide bonds. The summed E-state index contributed by atoms with van der Waals surface area (Å²) in [5.41, 5.74) is 0.439. The lowest BCUT2D eigenvalue weighted by Crippen LogP contribution is -2.16. The van der Waals surface area contributed by atoms with Crippen LogP contribution in [0.15, 0.2) is 12.1 Å². The van der Waals surface area contributed by atoms with Gasteiger partial charge in [0.05, 0.1) is 6.61 Å². The van der Waals surface area contributed by atoms with E-state index in [9.17, 15) is 13.2 Å². The van der Waals surface area contributed by atoms with Gasteiger partial charge in [-0.15, -0.1) is 0 Å². The zero-order valence-corrected chi connectivity index (χ0v) is 15.2. The van der Waals surface area contributed by atoms with Crippen molar-refractivity contribution in [2.24, 2.45) is 17.8 Å². The van der Waals surface area contributed by atoms with Crippen LogP contribution < -0.4 is 4.74 Å². The third-order valence-electron chi connectivity index (χ3n) is 6.26. The van der Waals surface area contributed by atoms with Crippen molar-refractivity contribution in [1.82, 2.24) is 0 Å². The second-order valence-electron chi connectivity index (χ2n) is 7.78. The molecule has 3 rings (SSSR count). The predicted octanol–water partition coefficient (Wildman–Crippen LogP) is 6.41. The topological polar surface area (TPSA) is 9.23 Å². The molecule has 0 saturated heterocycles. The van der Waals surface area contributed by atoms with E-state index in [0.29, 0.717) is 30.4 Å². The minimum Gasteiger partial charge on any atom is -0.491 e. The molecular formula is C21H29F3O. The van der Waals surface area contributed by atoms with Crippen molar-refractivity contribution in [2.45, 2.75) is 70.9 Å². The summed E-state index contributed by atoms with van der Waals surface area (Å²) in [6.07, 6.45) is 5.41. The summed E-state index contributed by atoms with van der Waals surface area (Å²) in [4.78, 5) is 0. The van der Waals surface area contributed by atoms with Gasteiger partial charge in [-0.05, 0) is 80.8 Å². The molecule has 2 aliphatic rings. The SMILES string of the molecule is CCCC1CCC2CC(c3ccc(OCC)c(F)c3F)CC2CC1F. The van der Waals surface area contributed by atoms with Crippen LogP contribution in [0, 0.1) is 29.4 Å². The molecule has 4 heteroatoms. The van der Waals surface area contributed by atoms with E-state index in [1.807, 2.05) is 0 Å². The van der Waals surface area contributed by atoms with E-state index in [-0.39, 0.29) is 17.6 Å². The first-order valence-corrected chi connectivity index (χ1v) is 9.79. The van der Waals surface area contributed by atoms with Crippen LogP contribution >= 0.6 is 0 Å². The summed E-state index contributed by atoms with van der Waals surface area (Å²) in [6.45, 7) is 4.16. The number of alkyl halides is 1. The van der Waals surface area contributed by atoms with Gasteiger partial charge >= 0.3 is 0 Å². The molecule has 140 valence electrons. The van der Waals surface area contributed by atoms with Crippen LogP contribution in [0.4, 0.5) is 13.2 Å². The molecule has 0 bridgehead atoms. The maximum absolute atomic E-state index is 14.6. The number of fused-ring (bicyclic) bond motifs is 1. The Kier molecular flexibility index (Phi) is 5.96. The normalized spacial score (nSPS) is 32.3. The third kappa shape index (κ3) is 3.83. The largest absolute Gasteiger partial charge is 0.491 e. The summed E-state index contributed by atoms with van der Waals surface area (Å²) in [7, 11) is 0. The van der Waals surface area contributed by atoms with Gasteiger partial charge < -0.3 is 4.74 Å². The van der Waals surface area contributed by atoms with Crippen molar-refractivity contribution in [3.63, 3.8) is 0 Å². The van der Waals surface area contributed by atoms with Gasteiger partial charge in [0.15, 0.2) is 11.6 Å². The van der Waals surface area contributed by atoms with Crippen molar-refractivity contribution < 1.29 is 17.9 Å². The maximum Gasteiger partial charge on any atom is 0.200 e. The number of hydrogen-bond donors (Lipinski definition) is 0. The van der Waals surface area contributed by atoms with E-state index in [1.54, 1.807) is 13.0 Å². The molecule has 5 atom stereocenters. The molecule has 2 saturated carbocycles. The average Bonchev–Trinajstić information content (AvgIpc) is 2.92. The van der Waals surface area contributed by atoms with Crippen LogP contribution in [0.1, 0.15) is 70.3 Å². The molecule has 0 aromatic heterocycles. The molecule has 0 spiro atoms. The predicted molar refractivity (Wildman–Crippen MR) is 93.6 cm³/mol. The highest BCUT2D eigenvalue weighted by molar-refractivity contribution is 5.33. The molecule has 0 N–H and O–H groups in total. The van der Waals surface area contributed by atoms with Gasteiger partial charge in [0, 0.05) is 0 Å². The van der Waals surface area contributed by atoms with Gasteiger partial charge in [0.2, 0.25) is 5.82 Å². The summed E-state index contributed by atoms with van der Waals surface area (Å²) < 4.78 is 48.4. The van der Waals surface area contributed by atoms with Crippen molar-refractivity contribution in [1.29, 1.82) is 0 Å².